The summed E-state index contributed by atoms with van der Waals surface area (Å²) >= 11 is 5.71. The molecule has 100 valence electrons. The molecule has 0 atom stereocenters. The summed E-state index contributed by atoms with van der Waals surface area (Å²) < 4.78 is 19.0. The maximum absolute atomic E-state index is 13.6. The Balaban J connectivity index is 2.03. The number of hydrogen-bond acceptors (Lipinski definition) is 2. The molecule has 4 heteroatoms. The number of ether oxygens (including phenoxy) is 1. The monoisotopic (exact) mass is 279 g/mol. The van der Waals surface area contributed by atoms with E-state index < -0.39 is 0 Å². The van der Waals surface area contributed by atoms with Crippen LogP contribution in [0.3, 0.4) is 0 Å². The van der Waals surface area contributed by atoms with Crippen molar-refractivity contribution in [3.63, 3.8) is 0 Å². The molecule has 0 radical (unpaired) electrons. The standard InChI is InChI=1S/C15H15ClFNO/c1-2-19-14-5-3-4-13(9-14)18-10-11-6-7-12(16)8-15(11)17/h3-9,18H,2,10H2,1H3. The molecule has 0 saturated heterocycles. The molecule has 0 fully saturated rings. The molecular weight excluding hydrogens is 265 g/mol. The van der Waals surface area contributed by atoms with Gasteiger partial charge in [0.05, 0.1) is 6.61 Å². The van der Waals surface area contributed by atoms with Crippen LogP contribution in [-0.2, 0) is 6.54 Å². The lowest BCUT2D eigenvalue weighted by atomic mass is 10.2. The summed E-state index contributed by atoms with van der Waals surface area (Å²) in [4.78, 5) is 0. The van der Waals surface area contributed by atoms with Gasteiger partial charge in [-0.15, -0.1) is 0 Å². The molecule has 2 nitrogen and oxygen atoms in total. The third kappa shape index (κ3) is 3.86. The SMILES string of the molecule is CCOc1cccc(NCc2ccc(Cl)cc2F)c1. The van der Waals surface area contributed by atoms with Gasteiger partial charge in [0.2, 0.25) is 0 Å². The van der Waals surface area contributed by atoms with Crippen LogP contribution in [0.5, 0.6) is 5.75 Å². The number of hydrogen-bond donors (Lipinski definition) is 1. The number of nitrogens with one attached hydrogen (secondary N) is 1. The zero-order chi connectivity index (χ0) is 13.7. The van der Waals surface area contributed by atoms with Crippen LogP contribution >= 0.6 is 11.6 Å². The summed E-state index contributed by atoms with van der Waals surface area (Å²) in [6, 6.07) is 12.3. The third-order valence-electron chi connectivity index (χ3n) is 2.64. The van der Waals surface area contributed by atoms with E-state index in [4.69, 9.17) is 16.3 Å². The van der Waals surface area contributed by atoms with Gasteiger partial charge in [0.15, 0.2) is 0 Å². The van der Waals surface area contributed by atoms with Gasteiger partial charge in [-0.25, -0.2) is 4.39 Å². The molecule has 0 aliphatic heterocycles. The fourth-order valence-electron chi connectivity index (χ4n) is 1.72. The maximum atomic E-state index is 13.6. The van der Waals surface area contributed by atoms with Crippen LogP contribution in [0.15, 0.2) is 42.5 Å². The largest absolute Gasteiger partial charge is 0.494 e. The molecule has 0 heterocycles. The quantitative estimate of drug-likeness (QED) is 0.871. The van der Waals surface area contributed by atoms with Crippen molar-refractivity contribution >= 4 is 17.3 Å². The van der Waals surface area contributed by atoms with Crippen molar-refractivity contribution in [2.45, 2.75) is 13.5 Å². The van der Waals surface area contributed by atoms with Crippen LogP contribution in [0.25, 0.3) is 0 Å². The molecule has 2 rings (SSSR count). The first-order valence-electron chi connectivity index (χ1n) is 6.09. The summed E-state index contributed by atoms with van der Waals surface area (Å²) in [7, 11) is 0. The first-order chi connectivity index (χ1) is 9.19. The Kier molecular flexibility index (Phi) is 4.63. The molecule has 0 saturated carbocycles. The van der Waals surface area contributed by atoms with Crippen molar-refractivity contribution in [2.75, 3.05) is 11.9 Å². The molecule has 0 bridgehead atoms. The second-order valence-corrected chi connectivity index (χ2v) is 4.49. The maximum Gasteiger partial charge on any atom is 0.129 e. The van der Waals surface area contributed by atoms with Gasteiger partial charge in [-0.3, -0.25) is 0 Å². The van der Waals surface area contributed by atoms with Crippen molar-refractivity contribution in [3.05, 3.63) is 58.9 Å². The van der Waals surface area contributed by atoms with Crippen LogP contribution < -0.4 is 10.1 Å². The first kappa shape index (κ1) is 13.7. The van der Waals surface area contributed by atoms with Crippen molar-refractivity contribution in [1.29, 1.82) is 0 Å². The molecule has 0 aromatic heterocycles. The van der Waals surface area contributed by atoms with E-state index in [9.17, 15) is 4.39 Å². The van der Waals surface area contributed by atoms with Gasteiger partial charge in [-0.2, -0.15) is 0 Å². The zero-order valence-electron chi connectivity index (χ0n) is 10.6. The Labute approximate surface area is 117 Å². The lowest BCUT2D eigenvalue weighted by Gasteiger charge is -2.09. The average Bonchev–Trinajstić information content (AvgIpc) is 2.38. The van der Waals surface area contributed by atoms with E-state index in [1.807, 2.05) is 31.2 Å². The second kappa shape index (κ2) is 6.43. The van der Waals surface area contributed by atoms with Gasteiger partial charge in [0.1, 0.15) is 11.6 Å². The summed E-state index contributed by atoms with van der Waals surface area (Å²) in [5, 5.41) is 3.56. The van der Waals surface area contributed by atoms with Gasteiger partial charge in [0, 0.05) is 28.9 Å². The fourth-order valence-corrected chi connectivity index (χ4v) is 1.88. The minimum Gasteiger partial charge on any atom is -0.494 e. The molecule has 0 unspecified atom stereocenters. The Morgan fingerprint density at radius 1 is 1.21 bits per heavy atom. The molecule has 0 amide bonds. The summed E-state index contributed by atoms with van der Waals surface area (Å²) in [6.45, 7) is 2.96. The molecule has 2 aromatic rings. The molecule has 0 spiro atoms. The van der Waals surface area contributed by atoms with Gasteiger partial charge in [-0.05, 0) is 31.2 Å². The lowest BCUT2D eigenvalue weighted by Crippen LogP contribution is -2.02. The Morgan fingerprint density at radius 3 is 2.79 bits per heavy atom. The molecular formula is C15H15ClFNO. The van der Waals surface area contributed by atoms with Crippen LogP contribution in [0, 0.1) is 5.82 Å². The smallest absolute Gasteiger partial charge is 0.129 e. The van der Waals surface area contributed by atoms with Crippen molar-refractivity contribution in [1.82, 2.24) is 0 Å². The molecule has 0 aliphatic carbocycles. The number of rotatable bonds is 5. The first-order valence-corrected chi connectivity index (χ1v) is 6.47. The van der Waals surface area contributed by atoms with Gasteiger partial charge >= 0.3 is 0 Å². The summed E-state index contributed by atoms with van der Waals surface area (Å²) in [5.74, 6) is 0.491. The van der Waals surface area contributed by atoms with Crippen LogP contribution in [0.1, 0.15) is 12.5 Å². The van der Waals surface area contributed by atoms with E-state index in [0.717, 1.165) is 11.4 Å². The van der Waals surface area contributed by atoms with E-state index in [1.165, 1.54) is 6.07 Å². The van der Waals surface area contributed by atoms with Crippen molar-refractivity contribution in [2.24, 2.45) is 0 Å². The van der Waals surface area contributed by atoms with E-state index in [2.05, 4.69) is 5.32 Å². The second-order valence-electron chi connectivity index (χ2n) is 4.05. The van der Waals surface area contributed by atoms with Crippen LogP contribution in [-0.4, -0.2) is 6.61 Å². The van der Waals surface area contributed by atoms with E-state index in [-0.39, 0.29) is 5.82 Å². The van der Waals surface area contributed by atoms with Gasteiger partial charge in [0.25, 0.3) is 0 Å². The zero-order valence-corrected chi connectivity index (χ0v) is 11.4. The van der Waals surface area contributed by atoms with Gasteiger partial charge < -0.3 is 10.1 Å². The molecule has 19 heavy (non-hydrogen) atoms. The highest BCUT2D eigenvalue weighted by Crippen LogP contribution is 2.19. The van der Waals surface area contributed by atoms with Crippen LogP contribution in [0.4, 0.5) is 10.1 Å². The Hall–Kier alpha value is -1.74. The number of halogens is 2. The van der Waals surface area contributed by atoms with E-state index >= 15 is 0 Å². The number of benzene rings is 2. The summed E-state index contributed by atoms with van der Waals surface area (Å²) in [5.41, 5.74) is 1.46. The fraction of sp³-hybridized carbons (Fsp3) is 0.200. The predicted octanol–water partition coefficient (Wildman–Crippen LogP) is 4.49. The average molecular weight is 280 g/mol. The number of anilines is 1. The Morgan fingerprint density at radius 2 is 2.05 bits per heavy atom. The van der Waals surface area contributed by atoms with Crippen LogP contribution in [0.2, 0.25) is 5.02 Å². The highest BCUT2D eigenvalue weighted by atomic mass is 35.5. The highest BCUT2D eigenvalue weighted by molar-refractivity contribution is 6.30. The van der Waals surface area contributed by atoms with E-state index in [0.29, 0.717) is 23.7 Å². The third-order valence-corrected chi connectivity index (χ3v) is 2.88. The minimum atomic E-state index is -0.305. The van der Waals surface area contributed by atoms with E-state index in [1.54, 1.807) is 12.1 Å². The molecule has 2 aromatic carbocycles. The van der Waals surface area contributed by atoms with Crippen molar-refractivity contribution < 1.29 is 9.13 Å². The van der Waals surface area contributed by atoms with Gasteiger partial charge in [-0.1, -0.05) is 23.7 Å². The Bertz CT molecular complexity index is 560. The van der Waals surface area contributed by atoms with Crippen molar-refractivity contribution in [3.8, 4) is 5.75 Å². The summed E-state index contributed by atoms with van der Waals surface area (Å²) in [6.07, 6.45) is 0. The lowest BCUT2D eigenvalue weighted by molar-refractivity contribution is 0.340. The minimum absolute atomic E-state index is 0.305. The predicted molar refractivity (Wildman–Crippen MR) is 76.3 cm³/mol. The highest BCUT2D eigenvalue weighted by Gasteiger charge is 2.03. The molecule has 1 N–H and O–H groups in total. The topological polar surface area (TPSA) is 21.3 Å². The molecule has 0 aliphatic rings. The normalized spacial score (nSPS) is 10.3.